The molecule has 5 nitrogen and oxygen atoms in total. The fourth-order valence-corrected chi connectivity index (χ4v) is 2.84. The molecule has 5 heteroatoms. The lowest BCUT2D eigenvalue weighted by molar-refractivity contribution is 0.224. The van der Waals surface area contributed by atoms with Crippen LogP contribution in [0.15, 0.2) is 67.0 Å². The van der Waals surface area contributed by atoms with Gasteiger partial charge >= 0.3 is 0 Å². The molecule has 1 unspecified atom stereocenters. The van der Waals surface area contributed by atoms with E-state index in [-0.39, 0.29) is 0 Å². The van der Waals surface area contributed by atoms with Crippen LogP contribution in [0.5, 0.6) is 5.75 Å². The summed E-state index contributed by atoms with van der Waals surface area (Å²) in [6.07, 6.45) is 3.53. The van der Waals surface area contributed by atoms with E-state index in [1.165, 1.54) is 0 Å². The second-order valence-corrected chi connectivity index (χ2v) is 6.43. The Morgan fingerprint density at radius 2 is 1.77 bits per heavy atom. The summed E-state index contributed by atoms with van der Waals surface area (Å²) in [5.41, 5.74) is 13.8. The van der Waals surface area contributed by atoms with Crippen LogP contribution in [0.2, 0.25) is 0 Å². The Labute approximate surface area is 154 Å². The van der Waals surface area contributed by atoms with Gasteiger partial charge in [0.25, 0.3) is 0 Å². The highest BCUT2D eigenvalue weighted by Crippen LogP contribution is 2.29. The number of anilines is 1. The van der Waals surface area contributed by atoms with Gasteiger partial charge in [0.2, 0.25) is 0 Å². The first-order valence-corrected chi connectivity index (χ1v) is 8.52. The van der Waals surface area contributed by atoms with Gasteiger partial charge in [0.1, 0.15) is 11.4 Å². The van der Waals surface area contributed by atoms with Gasteiger partial charge in [-0.2, -0.15) is 5.48 Å². The normalized spacial score (nSPS) is 13.1. The molecule has 0 radical (unpaired) electrons. The third-order valence-corrected chi connectivity index (χ3v) is 4.29. The lowest BCUT2D eigenvalue weighted by Gasteiger charge is -2.28. The molecule has 0 spiro atoms. The molecule has 3 aromatic rings. The number of benzene rings is 2. The second kappa shape index (κ2) is 7.56. The van der Waals surface area contributed by atoms with E-state index < -0.39 is 5.66 Å². The third-order valence-electron chi connectivity index (χ3n) is 4.29. The van der Waals surface area contributed by atoms with E-state index in [4.69, 9.17) is 10.6 Å². The van der Waals surface area contributed by atoms with Crippen LogP contribution in [0, 0.1) is 6.92 Å². The van der Waals surface area contributed by atoms with Crippen molar-refractivity contribution in [3.05, 3.63) is 78.1 Å². The molecule has 0 bridgehead atoms. The van der Waals surface area contributed by atoms with Crippen LogP contribution >= 0.6 is 0 Å². The Morgan fingerprint density at radius 1 is 1.04 bits per heavy atom. The molecule has 1 aromatic heterocycles. The average molecular weight is 348 g/mol. The molecule has 0 saturated heterocycles. The van der Waals surface area contributed by atoms with Gasteiger partial charge in [0.15, 0.2) is 0 Å². The number of pyridine rings is 1. The molecular formula is C21H24N4O. The predicted molar refractivity (Wildman–Crippen MR) is 106 cm³/mol. The van der Waals surface area contributed by atoms with Gasteiger partial charge in [0, 0.05) is 30.7 Å². The van der Waals surface area contributed by atoms with Crippen LogP contribution in [0.3, 0.4) is 0 Å². The monoisotopic (exact) mass is 348 g/mol. The summed E-state index contributed by atoms with van der Waals surface area (Å²) >= 11 is 0. The molecule has 1 atom stereocenters. The van der Waals surface area contributed by atoms with E-state index in [0.717, 1.165) is 33.7 Å². The zero-order valence-electron chi connectivity index (χ0n) is 15.3. The Kier molecular flexibility index (Phi) is 5.21. The van der Waals surface area contributed by atoms with E-state index in [0.29, 0.717) is 0 Å². The van der Waals surface area contributed by atoms with Crippen LogP contribution in [-0.4, -0.2) is 12.0 Å². The van der Waals surface area contributed by atoms with E-state index in [1.807, 2.05) is 43.3 Å². The van der Waals surface area contributed by atoms with Crippen LogP contribution in [0.4, 0.5) is 5.69 Å². The maximum atomic E-state index is 6.46. The predicted octanol–water partition coefficient (Wildman–Crippen LogP) is 3.81. The smallest absolute Gasteiger partial charge is 0.147 e. The summed E-state index contributed by atoms with van der Waals surface area (Å²) in [5, 5.41) is 3.42. The summed E-state index contributed by atoms with van der Waals surface area (Å²) in [5.74, 6) is 0.779. The number of hydrogen-bond acceptors (Lipinski definition) is 5. The molecule has 1 heterocycles. The zero-order chi connectivity index (χ0) is 18.6. The number of nitrogens with zero attached hydrogens (tertiary/aromatic N) is 1. The molecule has 3 rings (SSSR count). The molecular weight excluding hydrogens is 324 g/mol. The van der Waals surface area contributed by atoms with Gasteiger partial charge < -0.3 is 15.9 Å². The third kappa shape index (κ3) is 4.02. The quantitative estimate of drug-likeness (QED) is 0.467. The topological polar surface area (TPSA) is 72.2 Å². The SMILES string of the molecule is CNOc1ccc(-c2ccc(NC(C)(N)c3cccnc3)c(C)c2)cc1. The molecule has 0 aliphatic heterocycles. The lowest BCUT2D eigenvalue weighted by Crippen LogP contribution is -2.41. The highest BCUT2D eigenvalue weighted by atomic mass is 16.6. The number of rotatable bonds is 6. The molecule has 0 amide bonds. The fraction of sp³-hybridized carbons (Fsp3) is 0.190. The molecule has 0 saturated carbocycles. The largest absolute Gasteiger partial charge is 0.409 e. The van der Waals surface area contributed by atoms with Crippen molar-refractivity contribution in [2.75, 3.05) is 12.4 Å². The number of hydrogen-bond donors (Lipinski definition) is 3. The minimum atomic E-state index is -0.702. The maximum Gasteiger partial charge on any atom is 0.147 e. The van der Waals surface area contributed by atoms with Crippen molar-refractivity contribution in [3.63, 3.8) is 0 Å². The van der Waals surface area contributed by atoms with Crippen LogP contribution < -0.4 is 21.4 Å². The van der Waals surface area contributed by atoms with Crippen LogP contribution in [0.25, 0.3) is 11.1 Å². The number of aromatic nitrogens is 1. The second-order valence-electron chi connectivity index (χ2n) is 6.43. The minimum absolute atomic E-state index is 0.702. The molecule has 26 heavy (non-hydrogen) atoms. The fourth-order valence-electron chi connectivity index (χ4n) is 2.84. The molecule has 0 aliphatic carbocycles. The molecule has 4 N–H and O–H groups in total. The highest BCUT2D eigenvalue weighted by molar-refractivity contribution is 5.69. The Hall–Kier alpha value is -2.89. The Morgan fingerprint density at radius 3 is 2.38 bits per heavy atom. The van der Waals surface area contributed by atoms with Crippen molar-refractivity contribution >= 4 is 5.69 Å². The summed E-state index contributed by atoms with van der Waals surface area (Å²) < 4.78 is 0. The number of aryl methyl sites for hydroxylation is 1. The first-order chi connectivity index (χ1) is 12.5. The van der Waals surface area contributed by atoms with Crippen molar-refractivity contribution in [3.8, 4) is 16.9 Å². The summed E-state index contributed by atoms with van der Waals surface area (Å²) in [4.78, 5) is 9.41. The van der Waals surface area contributed by atoms with Crippen molar-refractivity contribution < 1.29 is 4.84 Å². The van der Waals surface area contributed by atoms with E-state index in [9.17, 15) is 0 Å². The summed E-state index contributed by atoms with van der Waals surface area (Å²) in [6, 6.07) is 18.1. The first kappa shape index (κ1) is 17.9. The summed E-state index contributed by atoms with van der Waals surface area (Å²) in [7, 11) is 1.74. The highest BCUT2D eigenvalue weighted by Gasteiger charge is 2.21. The van der Waals surface area contributed by atoms with Gasteiger partial charge in [-0.3, -0.25) is 4.98 Å². The standard InChI is InChI=1S/C21H24N4O/c1-15-13-17(16-6-9-19(10-7-16)26-23-3)8-11-20(15)25-21(2,22)18-5-4-12-24-14-18/h4-14,23,25H,22H2,1-3H3. The lowest BCUT2D eigenvalue weighted by atomic mass is 10.00. The van der Waals surface area contributed by atoms with Gasteiger partial charge in [-0.05, 0) is 60.9 Å². The Balaban J connectivity index is 1.81. The van der Waals surface area contributed by atoms with Crippen LogP contribution in [-0.2, 0) is 5.66 Å². The Bertz CT molecular complexity index is 861. The van der Waals surface area contributed by atoms with Crippen molar-refractivity contribution in [1.82, 2.24) is 10.5 Å². The van der Waals surface area contributed by atoms with E-state index >= 15 is 0 Å². The van der Waals surface area contributed by atoms with Crippen LogP contribution in [0.1, 0.15) is 18.1 Å². The number of nitrogens with two attached hydrogens (primary N) is 1. The van der Waals surface area contributed by atoms with Gasteiger partial charge in [-0.1, -0.05) is 24.3 Å². The summed E-state index contributed by atoms with van der Waals surface area (Å²) in [6.45, 7) is 4.02. The van der Waals surface area contributed by atoms with Crippen molar-refractivity contribution in [1.29, 1.82) is 0 Å². The van der Waals surface area contributed by atoms with E-state index in [1.54, 1.807) is 19.4 Å². The number of nitrogens with one attached hydrogen (secondary N) is 2. The minimum Gasteiger partial charge on any atom is -0.409 e. The van der Waals surface area contributed by atoms with Crippen molar-refractivity contribution in [2.45, 2.75) is 19.5 Å². The zero-order valence-corrected chi connectivity index (χ0v) is 15.3. The van der Waals surface area contributed by atoms with Gasteiger partial charge in [-0.15, -0.1) is 0 Å². The van der Waals surface area contributed by atoms with E-state index in [2.05, 4.69) is 40.9 Å². The van der Waals surface area contributed by atoms with Crippen molar-refractivity contribution in [2.24, 2.45) is 5.73 Å². The number of hydroxylamine groups is 1. The first-order valence-electron chi connectivity index (χ1n) is 8.52. The molecule has 0 aliphatic rings. The van der Waals surface area contributed by atoms with Gasteiger partial charge in [-0.25, -0.2) is 0 Å². The molecule has 2 aromatic carbocycles. The average Bonchev–Trinajstić information content (AvgIpc) is 2.65. The van der Waals surface area contributed by atoms with Gasteiger partial charge in [0.05, 0.1) is 0 Å². The molecule has 0 fully saturated rings. The maximum absolute atomic E-state index is 6.46. The molecule has 134 valence electrons.